The zero-order valence-corrected chi connectivity index (χ0v) is 13.7. The fourth-order valence-corrected chi connectivity index (χ4v) is 2.31. The van der Waals surface area contributed by atoms with Crippen molar-refractivity contribution in [3.63, 3.8) is 0 Å². The molecule has 0 amide bonds. The van der Waals surface area contributed by atoms with Crippen LogP contribution in [-0.2, 0) is 6.42 Å². The first-order valence-corrected chi connectivity index (χ1v) is 7.17. The summed E-state index contributed by atoms with van der Waals surface area (Å²) >= 11 is 0. The molecule has 2 aromatic carbocycles. The van der Waals surface area contributed by atoms with Gasteiger partial charge in [-0.3, -0.25) is 0 Å². The van der Waals surface area contributed by atoms with E-state index < -0.39 is 6.10 Å². The smallest absolute Gasteiger partial charge is 0.160 e. The molecule has 0 bridgehead atoms. The average molecular weight is 340 g/mol. The van der Waals surface area contributed by atoms with E-state index in [2.05, 4.69) is 5.32 Å². The first-order chi connectivity index (χ1) is 10.5. The van der Waals surface area contributed by atoms with Crippen molar-refractivity contribution < 1.29 is 20.4 Å². The third kappa shape index (κ3) is 5.03. The third-order valence-corrected chi connectivity index (χ3v) is 3.68. The van der Waals surface area contributed by atoms with Crippen LogP contribution < -0.4 is 5.32 Å². The summed E-state index contributed by atoms with van der Waals surface area (Å²) in [5, 5.41) is 41.6. The number of benzene rings is 2. The highest BCUT2D eigenvalue weighted by Gasteiger charge is 2.14. The molecule has 0 fully saturated rings. The molecule has 5 N–H and O–H groups in total. The topological polar surface area (TPSA) is 93.0 Å². The van der Waals surface area contributed by atoms with Gasteiger partial charge in [0.15, 0.2) is 11.5 Å². The van der Waals surface area contributed by atoms with Gasteiger partial charge < -0.3 is 25.7 Å². The van der Waals surface area contributed by atoms with Crippen LogP contribution in [0.3, 0.4) is 0 Å². The van der Waals surface area contributed by atoms with Crippen LogP contribution in [0, 0.1) is 6.92 Å². The number of rotatable bonds is 6. The van der Waals surface area contributed by atoms with Gasteiger partial charge in [-0.1, -0.05) is 18.2 Å². The fourth-order valence-electron chi connectivity index (χ4n) is 2.31. The van der Waals surface area contributed by atoms with Crippen LogP contribution in [0.2, 0.25) is 0 Å². The van der Waals surface area contributed by atoms with Crippen molar-refractivity contribution in [3.8, 4) is 17.2 Å². The summed E-state index contributed by atoms with van der Waals surface area (Å²) in [6.45, 7) is 2.69. The molecular formula is C17H22ClNO4. The Morgan fingerprint density at radius 2 is 1.65 bits per heavy atom. The minimum absolute atomic E-state index is 0. The summed E-state index contributed by atoms with van der Waals surface area (Å²) < 4.78 is 0. The number of halogens is 1. The second kappa shape index (κ2) is 8.62. The van der Waals surface area contributed by atoms with Gasteiger partial charge in [-0.25, -0.2) is 0 Å². The van der Waals surface area contributed by atoms with Crippen LogP contribution in [0.1, 0.15) is 22.8 Å². The second-order valence-electron chi connectivity index (χ2n) is 5.28. The van der Waals surface area contributed by atoms with Gasteiger partial charge in [0, 0.05) is 12.1 Å². The Kier molecular flexibility index (Phi) is 7.16. The molecule has 6 heteroatoms. The van der Waals surface area contributed by atoms with Crippen LogP contribution in [0.25, 0.3) is 0 Å². The molecule has 0 aliphatic rings. The zero-order chi connectivity index (χ0) is 16.1. The van der Waals surface area contributed by atoms with E-state index in [1.807, 2.05) is 12.1 Å². The van der Waals surface area contributed by atoms with Crippen molar-refractivity contribution in [1.82, 2.24) is 5.32 Å². The Morgan fingerprint density at radius 3 is 2.30 bits per heavy atom. The molecule has 0 heterocycles. The van der Waals surface area contributed by atoms with Gasteiger partial charge in [-0.2, -0.15) is 0 Å². The van der Waals surface area contributed by atoms with Gasteiger partial charge in [0.2, 0.25) is 0 Å². The van der Waals surface area contributed by atoms with Crippen molar-refractivity contribution >= 4 is 12.4 Å². The zero-order valence-electron chi connectivity index (χ0n) is 12.9. The molecule has 2 rings (SSSR count). The predicted octanol–water partition coefficient (Wildman–Crippen LogP) is 2.40. The SMILES string of the molecule is Cc1c(C(O)CNCCc2ccc(O)cc2)ccc(O)c1O.Cl. The molecule has 0 aliphatic carbocycles. The van der Waals surface area contributed by atoms with E-state index in [-0.39, 0.29) is 29.7 Å². The van der Waals surface area contributed by atoms with E-state index in [1.165, 1.54) is 6.07 Å². The standard InChI is InChI=1S/C17H21NO4.ClH/c1-11-14(6-7-15(20)17(11)22)16(21)10-18-9-8-12-2-4-13(19)5-3-12;/h2-7,16,18-22H,8-10H2,1H3;1H. The van der Waals surface area contributed by atoms with Crippen molar-refractivity contribution in [1.29, 1.82) is 0 Å². The second-order valence-corrected chi connectivity index (χ2v) is 5.28. The number of hydrogen-bond acceptors (Lipinski definition) is 5. The monoisotopic (exact) mass is 339 g/mol. The number of nitrogens with one attached hydrogen (secondary N) is 1. The lowest BCUT2D eigenvalue weighted by atomic mass is 10.0. The highest BCUT2D eigenvalue weighted by Crippen LogP contribution is 2.33. The molecule has 2 aromatic rings. The number of aromatic hydroxyl groups is 3. The van der Waals surface area contributed by atoms with Crippen molar-refractivity contribution in [2.45, 2.75) is 19.4 Å². The number of phenols is 3. The largest absolute Gasteiger partial charge is 0.508 e. The Balaban J connectivity index is 0.00000264. The van der Waals surface area contributed by atoms with E-state index in [0.29, 0.717) is 24.2 Å². The summed E-state index contributed by atoms with van der Waals surface area (Å²) in [6.07, 6.45) is 0.0265. The highest BCUT2D eigenvalue weighted by molar-refractivity contribution is 5.85. The predicted molar refractivity (Wildman–Crippen MR) is 91.4 cm³/mol. The van der Waals surface area contributed by atoms with Crippen LogP contribution in [-0.4, -0.2) is 33.5 Å². The minimum atomic E-state index is -0.758. The lowest BCUT2D eigenvalue weighted by molar-refractivity contribution is 0.174. The van der Waals surface area contributed by atoms with Crippen molar-refractivity contribution in [2.24, 2.45) is 0 Å². The fraction of sp³-hybridized carbons (Fsp3) is 0.294. The maximum Gasteiger partial charge on any atom is 0.160 e. The number of phenolic OH excluding ortho intramolecular Hbond substituents is 3. The number of hydrogen-bond donors (Lipinski definition) is 5. The van der Waals surface area contributed by atoms with Crippen LogP contribution in [0.5, 0.6) is 17.2 Å². The molecule has 5 nitrogen and oxygen atoms in total. The molecule has 0 saturated carbocycles. The van der Waals surface area contributed by atoms with E-state index in [4.69, 9.17) is 0 Å². The van der Waals surface area contributed by atoms with E-state index >= 15 is 0 Å². The van der Waals surface area contributed by atoms with Crippen LogP contribution in [0.4, 0.5) is 0 Å². The molecule has 0 spiro atoms. The van der Waals surface area contributed by atoms with Gasteiger partial charge in [-0.05, 0) is 49.2 Å². The molecule has 0 radical (unpaired) electrons. The molecule has 1 atom stereocenters. The first kappa shape index (κ1) is 19.1. The first-order valence-electron chi connectivity index (χ1n) is 7.17. The van der Waals surface area contributed by atoms with Crippen molar-refractivity contribution in [2.75, 3.05) is 13.1 Å². The van der Waals surface area contributed by atoms with Gasteiger partial charge in [0.1, 0.15) is 5.75 Å². The van der Waals surface area contributed by atoms with E-state index in [1.54, 1.807) is 25.1 Å². The maximum atomic E-state index is 10.2. The summed E-state index contributed by atoms with van der Waals surface area (Å²) in [5.41, 5.74) is 2.17. The average Bonchev–Trinajstić information content (AvgIpc) is 2.51. The van der Waals surface area contributed by atoms with Gasteiger partial charge in [0.25, 0.3) is 0 Å². The van der Waals surface area contributed by atoms with Gasteiger partial charge >= 0.3 is 0 Å². The Morgan fingerprint density at radius 1 is 1.00 bits per heavy atom. The van der Waals surface area contributed by atoms with Crippen LogP contribution in [0.15, 0.2) is 36.4 Å². The summed E-state index contributed by atoms with van der Waals surface area (Å²) in [5.74, 6) is -0.135. The lowest BCUT2D eigenvalue weighted by Crippen LogP contribution is -2.24. The Labute approximate surface area is 141 Å². The quantitative estimate of drug-likeness (QED) is 0.411. The molecule has 1 unspecified atom stereocenters. The number of aliphatic hydroxyl groups is 1. The van der Waals surface area contributed by atoms with E-state index in [9.17, 15) is 20.4 Å². The lowest BCUT2D eigenvalue weighted by Gasteiger charge is -2.16. The Bertz CT molecular complexity index is 631. The molecule has 0 aliphatic heterocycles. The highest BCUT2D eigenvalue weighted by atomic mass is 35.5. The van der Waals surface area contributed by atoms with Crippen molar-refractivity contribution in [3.05, 3.63) is 53.1 Å². The Hall–Kier alpha value is -1.95. The molecule has 0 aromatic heterocycles. The van der Waals surface area contributed by atoms with Gasteiger partial charge in [-0.15, -0.1) is 12.4 Å². The molecule has 126 valence electrons. The minimum Gasteiger partial charge on any atom is -0.508 e. The molecule has 23 heavy (non-hydrogen) atoms. The normalized spacial score (nSPS) is 11.7. The molecule has 0 saturated heterocycles. The summed E-state index contributed by atoms with van der Waals surface area (Å²) in [6, 6.07) is 9.98. The third-order valence-electron chi connectivity index (χ3n) is 3.68. The maximum absolute atomic E-state index is 10.2. The van der Waals surface area contributed by atoms with Crippen LogP contribution >= 0.6 is 12.4 Å². The molecular weight excluding hydrogens is 318 g/mol. The summed E-state index contributed by atoms with van der Waals surface area (Å²) in [7, 11) is 0. The van der Waals surface area contributed by atoms with Gasteiger partial charge in [0.05, 0.1) is 6.10 Å². The summed E-state index contributed by atoms with van der Waals surface area (Å²) in [4.78, 5) is 0. The number of aliphatic hydroxyl groups excluding tert-OH is 1. The van der Waals surface area contributed by atoms with E-state index in [0.717, 1.165) is 12.0 Å².